The molecule has 1 heterocycles. The summed E-state index contributed by atoms with van der Waals surface area (Å²) in [6.45, 7) is 2.61. The van der Waals surface area contributed by atoms with Gasteiger partial charge in [0.25, 0.3) is 0 Å². The van der Waals surface area contributed by atoms with Crippen LogP contribution in [0.15, 0.2) is 42.5 Å². The molecule has 0 aliphatic rings. The molecule has 0 unspecified atom stereocenters. The van der Waals surface area contributed by atoms with Crippen LogP contribution in [0.3, 0.4) is 0 Å². The average Bonchev–Trinajstić information content (AvgIpc) is 2.30. The number of ether oxygens (including phenoxy) is 1. The lowest BCUT2D eigenvalue weighted by atomic mass is 10.3. The summed E-state index contributed by atoms with van der Waals surface area (Å²) in [5.74, 6) is 1.55. The maximum atomic E-state index is 5.82. The molecular weight excluding hydrogens is 236 g/mol. The predicted molar refractivity (Wildman–Crippen MR) is 70.1 cm³/mol. The average molecular weight is 249 g/mol. The molecule has 1 aromatic carbocycles. The number of hydrogen-bond donors (Lipinski definition) is 1. The van der Waals surface area contributed by atoms with E-state index in [0.29, 0.717) is 17.6 Å². The van der Waals surface area contributed by atoms with Crippen molar-refractivity contribution in [3.05, 3.63) is 47.6 Å². The van der Waals surface area contributed by atoms with Gasteiger partial charge < -0.3 is 10.1 Å². The first-order chi connectivity index (χ1) is 8.28. The fourth-order valence-corrected chi connectivity index (χ4v) is 1.62. The zero-order chi connectivity index (χ0) is 12.1. The Morgan fingerprint density at radius 1 is 1.24 bits per heavy atom. The number of hydrogen-bond acceptors (Lipinski definition) is 3. The maximum absolute atomic E-state index is 5.82. The number of nitrogens with zero attached hydrogens (tertiary/aromatic N) is 1. The van der Waals surface area contributed by atoms with Crippen molar-refractivity contribution in [1.29, 1.82) is 0 Å². The predicted octanol–water partition coefficient (Wildman–Crippen LogP) is 3.88. The summed E-state index contributed by atoms with van der Waals surface area (Å²) in [5.41, 5.74) is 0.922. The third-order valence-electron chi connectivity index (χ3n) is 2.13. The minimum absolute atomic E-state index is 0.468. The Kier molecular flexibility index (Phi) is 3.83. The minimum atomic E-state index is 0.468. The van der Waals surface area contributed by atoms with Crippen molar-refractivity contribution in [2.24, 2.45) is 0 Å². The first-order valence-electron chi connectivity index (χ1n) is 5.40. The highest BCUT2D eigenvalue weighted by Crippen LogP contribution is 2.21. The van der Waals surface area contributed by atoms with Crippen molar-refractivity contribution in [2.45, 2.75) is 6.92 Å². The highest BCUT2D eigenvalue weighted by Gasteiger charge is 1.98. The largest absolute Gasteiger partial charge is 0.494 e. The molecule has 0 aliphatic carbocycles. The minimum Gasteiger partial charge on any atom is -0.494 e. The second-order valence-corrected chi connectivity index (χ2v) is 3.82. The fraction of sp³-hybridized carbons (Fsp3) is 0.154. The standard InChI is InChI=1S/C13H13ClN2O/c1-2-17-11-6-3-5-10(9-11)15-13-8-4-7-12(14)16-13/h3-9H,2H2,1H3,(H,15,16). The second kappa shape index (κ2) is 5.55. The molecule has 1 aromatic heterocycles. The molecule has 3 nitrogen and oxygen atoms in total. The number of aromatic nitrogens is 1. The molecular formula is C13H13ClN2O. The van der Waals surface area contributed by atoms with Crippen LogP contribution < -0.4 is 10.1 Å². The van der Waals surface area contributed by atoms with Gasteiger partial charge in [-0.2, -0.15) is 0 Å². The van der Waals surface area contributed by atoms with Gasteiger partial charge in [0.2, 0.25) is 0 Å². The van der Waals surface area contributed by atoms with E-state index in [1.54, 1.807) is 6.07 Å². The van der Waals surface area contributed by atoms with Crippen LogP contribution in [0.1, 0.15) is 6.92 Å². The fourth-order valence-electron chi connectivity index (χ4n) is 1.46. The molecule has 0 amide bonds. The number of halogens is 1. The van der Waals surface area contributed by atoms with E-state index in [0.717, 1.165) is 11.4 Å². The molecule has 0 radical (unpaired) electrons. The lowest BCUT2D eigenvalue weighted by Crippen LogP contribution is -1.95. The van der Waals surface area contributed by atoms with E-state index in [2.05, 4.69) is 10.3 Å². The molecule has 0 spiro atoms. The summed E-state index contributed by atoms with van der Waals surface area (Å²) >= 11 is 5.82. The number of benzene rings is 1. The van der Waals surface area contributed by atoms with Crippen molar-refractivity contribution in [3.63, 3.8) is 0 Å². The van der Waals surface area contributed by atoms with Crippen LogP contribution in [0.2, 0.25) is 5.15 Å². The van der Waals surface area contributed by atoms with Crippen LogP contribution in [0.5, 0.6) is 5.75 Å². The molecule has 1 N–H and O–H groups in total. The summed E-state index contributed by atoms with van der Waals surface area (Å²) < 4.78 is 5.42. The number of nitrogens with one attached hydrogen (secondary N) is 1. The molecule has 2 aromatic rings. The van der Waals surface area contributed by atoms with E-state index in [4.69, 9.17) is 16.3 Å². The molecule has 0 bridgehead atoms. The summed E-state index contributed by atoms with van der Waals surface area (Å²) in [6, 6.07) is 13.2. The van der Waals surface area contributed by atoms with Crippen LogP contribution in [-0.4, -0.2) is 11.6 Å². The Hall–Kier alpha value is -1.74. The third kappa shape index (κ3) is 3.36. The molecule has 0 fully saturated rings. The van der Waals surface area contributed by atoms with Gasteiger partial charge in [-0.1, -0.05) is 23.7 Å². The van der Waals surface area contributed by atoms with Gasteiger partial charge in [0, 0.05) is 11.8 Å². The molecule has 2 rings (SSSR count). The van der Waals surface area contributed by atoms with Crippen LogP contribution in [0, 0.1) is 0 Å². The van der Waals surface area contributed by atoms with E-state index in [1.165, 1.54) is 0 Å². The third-order valence-corrected chi connectivity index (χ3v) is 2.34. The summed E-state index contributed by atoms with van der Waals surface area (Å²) in [5, 5.41) is 3.64. The van der Waals surface area contributed by atoms with Crippen molar-refractivity contribution in [1.82, 2.24) is 4.98 Å². The summed E-state index contributed by atoms with van der Waals surface area (Å²) in [6.07, 6.45) is 0. The first kappa shape index (κ1) is 11.7. The zero-order valence-corrected chi connectivity index (χ0v) is 10.2. The second-order valence-electron chi connectivity index (χ2n) is 3.43. The Balaban J connectivity index is 2.15. The molecule has 0 atom stereocenters. The van der Waals surface area contributed by atoms with E-state index >= 15 is 0 Å². The highest BCUT2D eigenvalue weighted by molar-refractivity contribution is 6.29. The van der Waals surface area contributed by atoms with Crippen molar-refractivity contribution >= 4 is 23.1 Å². The summed E-state index contributed by atoms with van der Waals surface area (Å²) in [4.78, 5) is 4.16. The zero-order valence-electron chi connectivity index (χ0n) is 9.48. The summed E-state index contributed by atoms with van der Waals surface area (Å²) in [7, 11) is 0. The lowest BCUT2D eigenvalue weighted by Gasteiger charge is -2.08. The van der Waals surface area contributed by atoms with Gasteiger partial charge in [0.1, 0.15) is 16.7 Å². The van der Waals surface area contributed by atoms with E-state index in [1.807, 2.05) is 43.3 Å². The van der Waals surface area contributed by atoms with Gasteiger partial charge in [0.15, 0.2) is 0 Å². The smallest absolute Gasteiger partial charge is 0.132 e. The van der Waals surface area contributed by atoms with Crippen molar-refractivity contribution in [2.75, 3.05) is 11.9 Å². The van der Waals surface area contributed by atoms with Crippen LogP contribution >= 0.6 is 11.6 Å². The Bertz CT molecular complexity index is 502. The molecule has 0 saturated heterocycles. The van der Waals surface area contributed by atoms with Crippen molar-refractivity contribution in [3.8, 4) is 5.75 Å². The SMILES string of the molecule is CCOc1cccc(Nc2cccc(Cl)n2)c1. The van der Waals surface area contributed by atoms with Gasteiger partial charge in [-0.15, -0.1) is 0 Å². The molecule has 4 heteroatoms. The van der Waals surface area contributed by atoms with Crippen LogP contribution in [0.25, 0.3) is 0 Å². The molecule has 88 valence electrons. The quantitative estimate of drug-likeness (QED) is 0.834. The van der Waals surface area contributed by atoms with E-state index in [9.17, 15) is 0 Å². The number of anilines is 2. The normalized spacial score (nSPS) is 10.0. The first-order valence-corrected chi connectivity index (χ1v) is 5.78. The molecule has 0 saturated carbocycles. The lowest BCUT2D eigenvalue weighted by molar-refractivity contribution is 0.340. The Morgan fingerprint density at radius 2 is 2.06 bits per heavy atom. The highest BCUT2D eigenvalue weighted by atomic mass is 35.5. The monoisotopic (exact) mass is 248 g/mol. The molecule has 0 aliphatic heterocycles. The van der Waals surface area contributed by atoms with Gasteiger partial charge >= 0.3 is 0 Å². The molecule has 17 heavy (non-hydrogen) atoms. The van der Waals surface area contributed by atoms with Gasteiger partial charge in [-0.25, -0.2) is 4.98 Å². The number of pyridine rings is 1. The van der Waals surface area contributed by atoms with Crippen molar-refractivity contribution < 1.29 is 4.74 Å². The number of rotatable bonds is 4. The Morgan fingerprint density at radius 3 is 2.82 bits per heavy atom. The van der Waals surface area contributed by atoms with Crippen LogP contribution in [-0.2, 0) is 0 Å². The van der Waals surface area contributed by atoms with E-state index in [-0.39, 0.29) is 0 Å². The van der Waals surface area contributed by atoms with E-state index < -0.39 is 0 Å². The van der Waals surface area contributed by atoms with Crippen LogP contribution in [0.4, 0.5) is 11.5 Å². The topological polar surface area (TPSA) is 34.1 Å². The van der Waals surface area contributed by atoms with Gasteiger partial charge in [-0.3, -0.25) is 0 Å². The maximum Gasteiger partial charge on any atom is 0.132 e. The van der Waals surface area contributed by atoms with Gasteiger partial charge in [-0.05, 0) is 31.2 Å². The Labute approximate surface area is 105 Å². The van der Waals surface area contributed by atoms with Gasteiger partial charge in [0.05, 0.1) is 6.61 Å².